The average Bonchev–Trinajstić information content (AvgIpc) is 3.42. The van der Waals surface area contributed by atoms with Crippen molar-refractivity contribution in [3.63, 3.8) is 0 Å². The predicted octanol–water partition coefficient (Wildman–Crippen LogP) is 7.24. The molecule has 160 valence electrons. The van der Waals surface area contributed by atoms with Crippen LogP contribution in [0.1, 0.15) is 5.01 Å². The van der Waals surface area contributed by atoms with E-state index in [2.05, 4.69) is 11.1 Å². The molecule has 8 heteroatoms. The molecule has 4 nitrogen and oxygen atoms in total. The molecule has 0 aliphatic rings. The van der Waals surface area contributed by atoms with Crippen LogP contribution < -0.4 is 4.74 Å². The summed E-state index contributed by atoms with van der Waals surface area (Å²) in [5.74, 6) is 0.778. The van der Waals surface area contributed by atoms with Gasteiger partial charge in [0.25, 0.3) is 0 Å². The molecule has 0 spiro atoms. The van der Waals surface area contributed by atoms with Crippen molar-refractivity contribution in [3.8, 4) is 22.7 Å². The molecule has 0 saturated heterocycles. The van der Waals surface area contributed by atoms with Crippen molar-refractivity contribution >= 4 is 44.9 Å². The van der Waals surface area contributed by atoms with Gasteiger partial charge >= 0.3 is 0 Å². The highest BCUT2D eigenvalue weighted by Crippen LogP contribution is 2.37. The van der Waals surface area contributed by atoms with Crippen LogP contribution in [0.5, 0.6) is 5.75 Å². The monoisotopic (exact) mass is 481 g/mol. The lowest BCUT2D eigenvalue weighted by atomic mass is 10.1. The van der Waals surface area contributed by atoms with Gasteiger partial charge in [-0.25, -0.2) is 14.4 Å². The van der Waals surface area contributed by atoms with E-state index in [4.69, 9.17) is 21.3 Å². The molecule has 2 aromatic heterocycles. The van der Waals surface area contributed by atoms with E-state index in [9.17, 15) is 4.39 Å². The van der Waals surface area contributed by atoms with Gasteiger partial charge in [-0.05, 0) is 48.5 Å². The third-order valence-electron chi connectivity index (χ3n) is 4.92. The molecule has 5 rings (SSSR count). The standard InChI is InChI=1S/C24H17ClFN3OS2/c1-30-21-12-16(26)8-11-18(21)20-13-27-24(29(20)17-9-6-15(25)7-10-17)31-14-23-28-19-4-2-3-5-22(19)32-23/h2-13H,14H2,1H3. The zero-order valence-corrected chi connectivity index (χ0v) is 19.3. The Labute approximate surface area is 197 Å². The molecule has 0 fully saturated rings. The average molecular weight is 482 g/mol. The van der Waals surface area contributed by atoms with Crippen LogP contribution in [-0.2, 0) is 5.75 Å². The first kappa shape index (κ1) is 21.0. The summed E-state index contributed by atoms with van der Waals surface area (Å²) < 4.78 is 22.4. The molecule has 0 aliphatic carbocycles. The number of fused-ring (bicyclic) bond motifs is 1. The number of ether oxygens (including phenoxy) is 1. The number of hydrogen-bond acceptors (Lipinski definition) is 5. The Morgan fingerprint density at radius 3 is 2.69 bits per heavy atom. The quantitative estimate of drug-likeness (QED) is 0.239. The zero-order chi connectivity index (χ0) is 22.1. The Morgan fingerprint density at radius 1 is 1.09 bits per heavy atom. The van der Waals surface area contributed by atoms with Gasteiger partial charge in [-0.1, -0.05) is 35.5 Å². The van der Waals surface area contributed by atoms with Crippen LogP contribution in [0.3, 0.4) is 0 Å². The molecule has 0 aliphatic heterocycles. The van der Waals surface area contributed by atoms with Crippen molar-refractivity contribution in [2.75, 3.05) is 7.11 Å². The minimum atomic E-state index is -0.353. The minimum Gasteiger partial charge on any atom is -0.496 e. The molecule has 0 unspecified atom stereocenters. The molecule has 0 N–H and O–H groups in total. The molecule has 0 radical (unpaired) electrons. The summed E-state index contributed by atoms with van der Waals surface area (Å²) in [5.41, 5.74) is 3.46. The van der Waals surface area contributed by atoms with Crippen molar-refractivity contribution in [3.05, 3.63) is 88.8 Å². The topological polar surface area (TPSA) is 39.9 Å². The van der Waals surface area contributed by atoms with E-state index < -0.39 is 0 Å². The maximum Gasteiger partial charge on any atom is 0.173 e. The second kappa shape index (κ2) is 8.94. The maximum absolute atomic E-state index is 13.8. The fourth-order valence-electron chi connectivity index (χ4n) is 3.45. The normalized spacial score (nSPS) is 11.2. The Balaban J connectivity index is 1.56. The molecule has 5 aromatic rings. The van der Waals surface area contributed by atoms with Gasteiger partial charge < -0.3 is 4.74 Å². The number of halogens is 2. The lowest BCUT2D eigenvalue weighted by Crippen LogP contribution is -2.00. The van der Waals surface area contributed by atoms with E-state index in [0.717, 1.165) is 32.6 Å². The summed E-state index contributed by atoms with van der Waals surface area (Å²) in [6, 6.07) is 20.2. The lowest BCUT2D eigenvalue weighted by Gasteiger charge is -2.14. The Bertz CT molecular complexity index is 1370. The first-order valence-corrected chi connectivity index (χ1v) is 12.0. The number of hydrogen-bond donors (Lipinski definition) is 0. The molecule has 0 saturated carbocycles. The van der Waals surface area contributed by atoms with Crippen molar-refractivity contribution in [1.29, 1.82) is 0 Å². The number of rotatable bonds is 6. The van der Waals surface area contributed by atoms with E-state index in [1.807, 2.05) is 47.0 Å². The molecule has 3 aromatic carbocycles. The van der Waals surface area contributed by atoms with Crippen LogP contribution in [0.4, 0.5) is 4.39 Å². The molecule has 0 atom stereocenters. The number of thiazole rings is 1. The van der Waals surface area contributed by atoms with Crippen molar-refractivity contribution in [1.82, 2.24) is 14.5 Å². The van der Waals surface area contributed by atoms with E-state index >= 15 is 0 Å². The molecular weight excluding hydrogens is 465 g/mol. The van der Waals surface area contributed by atoms with Gasteiger partial charge in [0, 0.05) is 22.3 Å². The van der Waals surface area contributed by atoms with E-state index in [0.29, 0.717) is 16.5 Å². The zero-order valence-electron chi connectivity index (χ0n) is 17.0. The van der Waals surface area contributed by atoms with E-state index in [1.165, 1.54) is 23.9 Å². The first-order valence-electron chi connectivity index (χ1n) is 9.77. The largest absolute Gasteiger partial charge is 0.496 e. The van der Waals surface area contributed by atoms with Gasteiger partial charge in [0.05, 0.1) is 35.0 Å². The Kier molecular flexibility index (Phi) is 5.87. The first-order chi connectivity index (χ1) is 15.6. The number of para-hydroxylation sites is 1. The number of methoxy groups -OCH3 is 1. The molecule has 2 heterocycles. The highest BCUT2D eigenvalue weighted by Gasteiger charge is 2.18. The summed E-state index contributed by atoms with van der Waals surface area (Å²) >= 11 is 9.40. The van der Waals surface area contributed by atoms with Crippen molar-refractivity contribution in [2.45, 2.75) is 10.9 Å². The maximum atomic E-state index is 13.8. The van der Waals surface area contributed by atoms with E-state index in [-0.39, 0.29) is 5.82 Å². The van der Waals surface area contributed by atoms with E-state index in [1.54, 1.807) is 35.4 Å². The summed E-state index contributed by atoms with van der Waals surface area (Å²) in [6.07, 6.45) is 1.78. The van der Waals surface area contributed by atoms with Crippen molar-refractivity contribution in [2.24, 2.45) is 0 Å². The summed E-state index contributed by atoms with van der Waals surface area (Å²) in [5, 5.41) is 2.48. The summed E-state index contributed by atoms with van der Waals surface area (Å²) in [7, 11) is 1.53. The van der Waals surface area contributed by atoms with Crippen LogP contribution in [0, 0.1) is 5.82 Å². The number of imidazole rings is 1. The third-order valence-corrected chi connectivity index (χ3v) is 7.35. The smallest absolute Gasteiger partial charge is 0.173 e. The van der Waals surface area contributed by atoms with Gasteiger partial charge in [0.1, 0.15) is 16.6 Å². The minimum absolute atomic E-state index is 0.353. The molecular formula is C24H17ClFN3OS2. The van der Waals surface area contributed by atoms with Gasteiger partial charge in [-0.2, -0.15) is 0 Å². The van der Waals surface area contributed by atoms with Crippen LogP contribution >= 0.6 is 34.7 Å². The number of aromatic nitrogens is 3. The van der Waals surface area contributed by atoms with Crippen LogP contribution in [0.15, 0.2) is 78.1 Å². The second-order valence-corrected chi connectivity index (χ2v) is 9.44. The molecule has 0 amide bonds. The van der Waals surface area contributed by atoms with Crippen LogP contribution in [-0.4, -0.2) is 21.6 Å². The number of nitrogens with zero attached hydrogens (tertiary/aromatic N) is 3. The van der Waals surface area contributed by atoms with Gasteiger partial charge in [0.2, 0.25) is 0 Å². The van der Waals surface area contributed by atoms with Gasteiger partial charge in [0.15, 0.2) is 5.16 Å². The third kappa shape index (κ3) is 4.11. The highest BCUT2D eigenvalue weighted by molar-refractivity contribution is 7.98. The van der Waals surface area contributed by atoms with Gasteiger partial charge in [-0.15, -0.1) is 11.3 Å². The summed E-state index contributed by atoms with van der Waals surface area (Å²) in [4.78, 5) is 9.40. The number of thioether (sulfide) groups is 1. The molecule has 32 heavy (non-hydrogen) atoms. The lowest BCUT2D eigenvalue weighted by molar-refractivity contribution is 0.412. The van der Waals surface area contributed by atoms with Gasteiger partial charge in [-0.3, -0.25) is 4.57 Å². The number of benzene rings is 3. The Morgan fingerprint density at radius 2 is 1.91 bits per heavy atom. The SMILES string of the molecule is COc1cc(F)ccc1-c1cnc(SCc2nc3ccccc3s2)n1-c1ccc(Cl)cc1. The fraction of sp³-hybridized carbons (Fsp3) is 0.0833. The molecule has 0 bridgehead atoms. The van der Waals surface area contributed by atoms with Crippen LogP contribution in [0.25, 0.3) is 27.2 Å². The fourth-order valence-corrected chi connectivity index (χ4v) is 5.53. The second-order valence-electron chi connectivity index (χ2n) is 6.95. The van der Waals surface area contributed by atoms with Crippen molar-refractivity contribution < 1.29 is 9.13 Å². The summed E-state index contributed by atoms with van der Waals surface area (Å²) in [6.45, 7) is 0. The highest BCUT2D eigenvalue weighted by atomic mass is 35.5. The predicted molar refractivity (Wildman–Crippen MR) is 130 cm³/mol. The van der Waals surface area contributed by atoms with Crippen LogP contribution in [0.2, 0.25) is 5.02 Å². The Hall–Kier alpha value is -2.87.